The average Bonchev–Trinajstić information content (AvgIpc) is 2.48. The number of piperazine rings is 1. The lowest BCUT2D eigenvalue weighted by Gasteiger charge is -2.34. The first-order chi connectivity index (χ1) is 10.2. The van der Waals surface area contributed by atoms with Crippen molar-refractivity contribution in [2.24, 2.45) is 0 Å². The number of pyridine rings is 1. The van der Waals surface area contributed by atoms with E-state index in [-0.39, 0.29) is 0 Å². The fourth-order valence-electron chi connectivity index (χ4n) is 2.68. The number of hydrogen-bond acceptors (Lipinski definition) is 5. The van der Waals surface area contributed by atoms with E-state index < -0.39 is 0 Å². The summed E-state index contributed by atoms with van der Waals surface area (Å²) < 4.78 is 0. The van der Waals surface area contributed by atoms with Gasteiger partial charge in [0.1, 0.15) is 0 Å². The largest absolute Gasteiger partial charge is 0.338 e. The number of nitrogens with zero attached hydrogens (tertiary/aromatic N) is 5. The lowest BCUT2D eigenvalue weighted by atomic mass is 10.2. The molecule has 0 atom stereocenters. The van der Waals surface area contributed by atoms with Crippen LogP contribution in [-0.2, 0) is 6.54 Å². The summed E-state index contributed by atoms with van der Waals surface area (Å²) in [6.45, 7) is 8.94. The minimum atomic E-state index is 0.866. The number of anilines is 1. The molecule has 0 radical (unpaired) electrons. The van der Waals surface area contributed by atoms with E-state index in [2.05, 4.69) is 30.8 Å². The van der Waals surface area contributed by atoms with Gasteiger partial charge < -0.3 is 4.90 Å². The minimum Gasteiger partial charge on any atom is -0.338 e. The highest BCUT2D eigenvalue weighted by Crippen LogP contribution is 2.14. The van der Waals surface area contributed by atoms with Gasteiger partial charge in [0.05, 0.1) is 5.69 Å². The molecule has 1 fully saturated rings. The van der Waals surface area contributed by atoms with Gasteiger partial charge in [-0.25, -0.2) is 9.97 Å². The quantitative estimate of drug-likeness (QED) is 0.859. The predicted molar refractivity (Wildman–Crippen MR) is 83.2 cm³/mol. The highest BCUT2D eigenvalue weighted by Gasteiger charge is 2.19. The Hall–Kier alpha value is -2.01. The van der Waals surface area contributed by atoms with Crippen LogP contribution in [0.1, 0.15) is 17.1 Å². The van der Waals surface area contributed by atoms with Crippen LogP contribution >= 0.6 is 0 Å². The summed E-state index contributed by atoms with van der Waals surface area (Å²) in [5.41, 5.74) is 3.20. The Morgan fingerprint density at radius 3 is 2.33 bits per heavy atom. The lowest BCUT2D eigenvalue weighted by Crippen LogP contribution is -2.46. The van der Waals surface area contributed by atoms with Crippen LogP contribution in [0.15, 0.2) is 30.5 Å². The molecule has 1 aliphatic heterocycles. The highest BCUT2D eigenvalue weighted by molar-refractivity contribution is 5.32. The van der Waals surface area contributed by atoms with Crippen LogP contribution in [0.5, 0.6) is 0 Å². The Kier molecular flexibility index (Phi) is 4.10. The topological polar surface area (TPSA) is 45.2 Å². The van der Waals surface area contributed by atoms with Gasteiger partial charge in [0, 0.05) is 50.3 Å². The van der Waals surface area contributed by atoms with Crippen molar-refractivity contribution in [3.05, 3.63) is 47.5 Å². The molecule has 3 rings (SSSR count). The summed E-state index contributed by atoms with van der Waals surface area (Å²) in [5, 5.41) is 0. The zero-order chi connectivity index (χ0) is 14.7. The van der Waals surface area contributed by atoms with Gasteiger partial charge >= 0.3 is 0 Å². The Morgan fingerprint density at radius 2 is 1.71 bits per heavy atom. The average molecular weight is 283 g/mol. The first kappa shape index (κ1) is 13.9. The van der Waals surface area contributed by atoms with Gasteiger partial charge in [0.25, 0.3) is 0 Å². The van der Waals surface area contributed by atoms with Crippen molar-refractivity contribution in [3.63, 3.8) is 0 Å². The fourth-order valence-corrected chi connectivity index (χ4v) is 2.68. The molecule has 0 saturated carbocycles. The normalized spacial score (nSPS) is 16.2. The van der Waals surface area contributed by atoms with E-state index in [1.54, 1.807) is 0 Å². The molecule has 5 heteroatoms. The number of hydrogen-bond donors (Lipinski definition) is 0. The van der Waals surface area contributed by atoms with Crippen molar-refractivity contribution in [1.29, 1.82) is 0 Å². The van der Waals surface area contributed by atoms with Crippen LogP contribution in [0.3, 0.4) is 0 Å². The summed E-state index contributed by atoms with van der Waals surface area (Å²) in [7, 11) is 0. The molecule has 1 aliphatic rings. The highest BCUT2D eigenvalue weighted by atomic mass is 15.3. The Morgan fingerprint density at radius 1 is 1.00 bits per heavy atom. The number of aromatic nitrogens is 3. The van der Waals surface area contributed by atoms with Crippen molar-refractivity contribution >= 4 is 5.95 Å². The second-order valence-electron chi connectivity index (χ2n) is 5.53. The van der Waals surface area contributed by atoms with Crippen LogP contribution < -0.4 is 4.90 Å². The van der Waals surface area contributed by atoms with Crippen molar-refractivity contribution in [2.45, 2.75) is 20.4 Å². The Labute approximate surface area is 125 Å². The zero-order valence-electron chi connectivity index (χ0n) is 12.7. The maximum Gasteiger partial charge on any atom is 0.225 e. The smallest absolute Gasteiger partial charge is 0.225 e. The maximum atomic E-state index is 4.55. The van der Waals surface area contributed by atoms with Crippen LogP contribution in [-0.4, -0.2) is 46.0 Å². The fraction of sp³-hybridized carbons (Fsp3) is 0.438. The van der Waals surface area contributed by atoms with E-state index in [4.69, 9.17) is 0 Å². The van der Waals surface area contributed by atoms with Crippen LogP contribution in [0.25, 0.3) is 0 Å². The minimum absolute atomic E-state index is 0.866. The second kappa shape index (κ2) is 6.18. The lowest BCUT2D eigenvalue weighted by molar-refractivity contribution is 0.246. The van der Waals surface area contributed by atoms with Crippen molar-refractivity contribution < 1.29 is 0 Å². The molecule has 5 nitrogen and oxygen atoms in total. The molecule has 1 saturated heterocycles. The maximum absolute atomic E-state index is 4.55. The van der Waals surface area contributed by atoms with Gasteiger partial charge in [0.2, 0.25) is 5.95 Å². The first-order valence-electron chi connectivity index (χ1n) is 7.40. The van der Waals surface area contributed by atoms with Crippen molar-refractivity contribution in [1.82, 2.24) is 19.9 Å². The number of rotatable bonds is 3. The van der Waals surface area contributed by atoms with Gasteiger partial charge in [-0.3, -0.25) is 9.88 Å². The summed E-state index contributed by atoms with van der Waals surface area (Å²) in [4.78, 5) is 18.2. The Bertz CT molecular complexity index is 571. The molecule has 21 heavy (non-hydrogen) atoms. The third-order valence-corrected chi connectivity index (χ3v) is 3.74. The second-order valence-corrected chi connectivity index (χ2v) is 5.53. The van der Waals surface area contributed by atoms with Gasteiger partial charge in [-0.1, -0.05) is 6.07 Å². The van der Waals surface area contributed by atoms with Crippen LogP contribution in [0.2, 0.25) is 0 Å². The molecule has 0 spiro atoms. The SMILES string of the molecule is Cc1cc(C)nc(N2CCN(Cc3ccccn3)CC2)n1. The van der Waals surface area contributed by atoms with Gasteiger partial charge in [-0.15, -0.1) is 0 Å². The molecule has 0 aliphatic carbocycles. The summed E-state index contributed by atoms with van der Waals surface area (Å²) in [6, 6.07) is 8.10. The molecule has 2 aromatic rings. The molecule has 3 heterocycles. The zero-order valence-corrected chi connectivity index (χ0v) is 12.7. The molecule has 0 bridgehead atoms. The van der Waals surface area contributed by atoms with Crippen LogP contribution in [0.4, 0.5) is 5.95 Å². The predicted octanol–water partition coefficient (Wildman–Crippen LogP) is 1.81. The van der Waals surface area contributed by atoms with E-state index in [0.29, 0.717) is 0 Å². The summed E-state index contributed by atoms with van der Waals surface area (Å²) in [5.74, 6) is 0.866. The molecule has 0 amide bonds. The van der Waals surface area contributed by atoms with E-state index in [0.717, 1.165) is 55.8 Å². The Balaban J connectivity index is 1.60. The van der Waals surface area contributed by atoms with Crippen LogP contribution in [0, 0.1) is 13.8 Å². The molecule has 0 unspecified atom stereocenters. The van der Waals surface area contributed by atoms with E-state index in [1.807, 2.05) is 38.2 Å². The summed E-state index contributed by atoms with van der Waals surface area (Å²) in [6.07, 6.45) is 1.86. The van der Waals surface area contributed by atoms with E-state index in [1.165, 1.54) is 0 Å². The molecular formula is C16H21N5. The molecule has 2 aromatic heterocycles. The monoisotopic (exact) mass is 283 g/mol. The molecular weight excluding hydrogens is 262 g/mol. The van der Waals surface area contributed by atoms with E-state index >= 15 is 0 Å². The standard InChI is InChI=1S/C16H21N5/c1-13-11-14(2)19-16(18-13)21-9-7-20(8-10-21)12-15-5-3-4-6-17-15/h3-6,11H,7-10,12H2,1-2H3. The number of aryl methyl sites for hydroxylation is 2. The molecule has 0 aromatic carbocycles. The molecule has 0 N–H and O–H groups in total. The van der Waals surface area contributed by atoms with Gasteiger partial charge in [-0.05, 0) is 32.0 Å². The third-order valence-electron chi connectivity index (χ3n) is 3.74. The molecule has 110 valence electrons. The first-order valence-corrected chi connectivity index (χ1v) is 7.40. The van der Waals surface area contributed by atoms with Crippen molar-refractivity contribution in [3.8, 4) is 0 Å². The van der Waals surface area contributed by atoms with E-state index in [9.17, 15) is 0 Å². The van der Waals surface area contributed by atoms with Crippen molar-refractivity contribution in [2.75, 3.05) is 31.1 Å². The van der Waals surface area contributed by atoms with Gasteiger partial charge in [0.15, 0.2) is 0 Å². The van der Waals surface area contributed by atoms with Gasteiger partial charge in [-0.2, -0.15) is 0 Å². The summed E-state index contributed by atoms with van der Waals surface area (Å²) >= 11 is 0. The third kappa shape index (κ3) is 3.55.